The first-order chi connectivity index (χ1) is 5.41. The molecule has 0 N–H and O–H groups in total. The maximum atomic E-state index is 11.1. The fraction of sp³-hybridized carbons (Fsp3) is 0.429. The van der Waals surface area contributed by atoms with Gasteiger partial charge in [0, 0.05) is 18.0 Å². The monoisotopic (exact) mass is 186 g/mol. The molecular formula is C7H10N2O2S. The number of hydrogen-bond acceptors (Lipinski definition) is 4. The highest BCUT2D eigenvalue weighted by molar-refractivity contribution is 7.90. The molecule has 4 nitrogen and oxygen atoms in total. The molecule has 0 unspecified atom stereocenters. The Morgan fingerprint density at radius 3 is 2.33 bits per heavy atom. The molecule has 0 bridgehead atoms. The van der Waals surface area contributed by atoms with Gasteiger partial charge in [0.2, 0.25) is 0 Å². The molecule has 0 saturated heterocycles. The van der Waals surface area contributed by atoms with Crippen LogP contribution in [0.3, 0.4) is 0 Å². The molecular weight excluding hydrogens is 176 g/mol. The van der Waals surface area contributed by atoms with E-state index in [4.69, 9.17) is 0 Å². The molecule has 1 aromatic heterocycles. The summed E-state index contributed by atoms with van der Waals surface area (Å²) in [6.07, 6.45) is 2.65. The second-order valence-electron chi connectivity index (χ2n) is 2.68. The Bertz CT molecular complexity index is 398. The third-order valence-electron chi connectivity index (χ3n) is 1.40. The molecule has 0 fully saturated rings. The van der Waals surface area contributed by atoms with Crippen molar-refractivity contribution in [2.45, 2.75) is 18.9 Å². The topological polar surface area (TPSA) is 59.9 Å². The zero-order chi connectivity index (χ0) is 9.35. The van der Waals surface area contributed by atoms with Crippen LogP contribution in [0.4, 0.5) is 0 Å². The minimum absolute atomic E-state index is 0.120. The standard InChI is InChI=1S/C7H10N2O2S/c1-5-4-8-6(2)9-7(5)12(3,10)11/h4H,1-3H3. The van der Waals surface area contributed by atoms with Crippen LogP contribution in [0.25, 0.3) is 0 Å². The van der Waals surface area contributed by atoms with Gasteiger partial charge in [-0.1, -0.05) is 0 Å². The van der Waals surface area contributed by atoms with E-state index in [9.17, 15) is 8.42 Å². The van der Waals surface area contributed by atoms with Gasteiger partial charge in [0.05, 0.1) is 0 Å². The summed E-state index contributed by atoms with van der Waals surface area (Å²) in [7, 11) is -3.21. The van der Waals surface area contributed by atoms with Gasteiger partial charge in [-0.05, 0) is 13.8 Å². The van der Waals surface area contributed by atoms with Crippen LogP contribution in [0.15, 0.2) is 11.2 Å². The minimum atomic E-state index is -3.21. The molecule has 0 radical (unpaired) electrons. The Morgan fingerprint density at radius 2 is 1.92 bits per heavy atom. The fourth-order valence-electron chi connectivity index (χ4n) is 0.885. The van der Waals surface area contributed by atoms with Gasteiger partial charge in [0.25, 0.3) is 0 Å². The Morgan fingerprint density at radius 1 is 1.33 bits per heavy atom. The summed E-state index contributed by atoms with van der Waals surface area (Å²) in [5, 5.41) is 0.120. The molecule has 1 rings (SSSR count). The fourth-order valence-corrected chi connectivity index (χ4v) is 1.82. The highest BCUT2D eigenvalue weighted by atomic mass is 32.2. The third kappa shape index (κ3) is 1.79. The van der Waals surface area contributed by atoms with Crippen LogP contribution in [0, 0.1) is 13.8 Å². The van der Waals surface area contributed by atoms with E-state index >= 15 is 0 Å². The van der Waals surface area contributed by atoms with E-state index in [0.717, 1.165) is 6.26 Å². The molecule has 12 heavy (non-hydrogen) atoms. The van der Waals surface area contributed by atoms with Crippen molar-refractivity contribution in [2.75, 3.05) is 6.26 Å². The van der Waals surface area contributed by atoms with Crippen LogP contribution < -0.4 is 0 Å². The van der Waals surface area contributed by atoms with E-state index in [0.29, 0.717) is 11.4 Å². The number of hydrogen-bond donors (Lipinski definition) is 0. The molecule has 0 spiro atoms. The van der Waals surface area contributed by atoms with Crippen molar-refractivity contribution in [1.82, 2.24) is 9.97 Å². The van der Waals surface area contributed by atoms with Crippen LogP contribution in [0.5, 0.6) is 0 Å². The first-order valence-corrected chi connectivity index (χ1v) is 5.30. The normalized spacial score (nSPS) is 11.6. The smallest absolute Gasteiger partial charge is 0.193 e. The lowest BCUT2D eigenvalue weighted by molar-refractivity contribution is 0.596. The van der Waals surface area contributed by atoms with Gasteiger partial charge in [0.15, 0.2) is 14.9 Å². The van der Waals surface area contributed by atoms with Crippen molar-refractivity contribution < 1.29 is 8.42 Å². The molecule has 0 aliphatic heterocycles. The Labute approximate surface area is 71.6 Å². The molecule has 0 saturated carbocycles. The number of nitrogens with zero attached hydrogens (tertiary/aromatic N) is 2. The predicted octanol–water partition coefficient (Wildman–Crippen LogP) is 0.497. The summed E-state index contributed by atoms with van der Waals surface area (Å²) >= 11 is 0. The molecule has 1 heterocycles. The number of rotatable bonds is 1. The van der Waals surface area contributed by atoms with E-state index in [2.05, 4.69) is 9.97 Å². The van der Waals surface area contributed by atoms with Gasteiger partial charge in [-0.15, -0.1) is 0 Å². The number of aromatic nitrogens is 2. The molecule has 0 aromatic carbocycles. The summed E-state index contributed by atoms with van der Waals surface area (Å²) in [5.74, 6) is 0.473. The quantitative estimate of drug-likeness (QED) is 0.599. The Hall–Kier alpha value is -0.970. The molecule has 1 aromatic rings. The summed E-state index contributed by atoms with van der Waals surface area (Å²) < 4.78 is 22.2. The zero-order valence-electron chi connectivity index (χ0n) is 7.20. The lowest BCUT2D eigenvalue weighted by Crippen LogP contribution is -2.05. The van der Waals surface area contributed by atoms with Gasteiger partial charge in [-0.25, -0.2) is 18.4 Å². The SMILES string of the molecule is Cc1ncc(C)c(S(C)(=O)=O)n1. The molecule has 0 aliphatic carbocycles. The third-order valence-corrected chi connectivity index (χ3v) is 2.51. The van der Waals surface area contributed by atoms with E-state index in [1.165, 1.54) is 6.20 Å². The minimum Gasteiger partial charge on any atom is -0.241 e. The van der Waals surface area contributed by atoms with Gasteiger partial charge >= 0.3 is 0 Å². The summed E-state index contributed by atoms with van der Waals surface area (Å²) in [4.78, 5) is 7.72. The molecule has 0 amide bonds. The van der Waals surface area contributed by atoms with E-state index in [1.807, 2.05) is 0 Å². The van der Waals surface area contributed by atoms with Crippen LogP contribution in [0.1, 0.15) is 11.4 Å². The second-order valence-corrected chi connectivity index (χ2v) is 4.61. The lowest BCUT2D eigenvalue weighted by Gasteiger charge is -2.01. The largest absolute Gasteiger partial charge is 0.241 e. The summed E-state index contributed by atoms with van der Waals surface area (Å²) in [6, 6.07) is 0. The maximum Gasteiger partial charge on any atom is 0.193 e. The lowest BCUT2D eigenvalue weighted by atomic mass is 10.4. The number of sulfone groups is 1. The average molecular weight is 186 g/mol. The summed E-state index contributed by atoms with van der Waals surface area (Å²) in [5.41, 5.74) is 0.586. The molecule has 5 heteroatoms. The van der Waals surface area contributed by atoms with E-state index in [1.54, 1.807) is 13.8 Å². The molecule has 0 aliphatic rings. The van der Waals surface area contributed by atoms with Crippen molar-refractivity contribution in [2.24, 2.45) is 0 Å². The summed E-state index contributed by atoms with van der Waals surface area (Å²) in [6.45, 7) is 3.34. The Balaban J connectivity index is 3.43. The highest BCUT2D eigenvalue weighted by Gasteiger charge is 2.12. The maximum absolute atomic E-state index is 11.1. The van der Waals surface area contributed by atoms with Crippen LogP contribution in [-0.2, 0) is 9.84 Å². The van der Waals surface area contributed by atoms with Crippen LogP contribution >= 0.6 is 0 Å². The van der Waals surface area contributed by atoms with E-state index in [-0.39, 0.29) is 5.03 Å². The Kier molecular flexibility index (Phi) is 2.14. The van der Waals surface area contributed by atoms with E-state index < -0.39 is 9.84 Å². The first-order valence-electron chi connectivity index (χ1n) is 3.41. The van der Waals surface area contributed by atoms with Gasteiger partial charge in [0.1, 0.15) is 5.82 Å². The first kappa shape index (κ1) is 9.12. The second kappa shape index (κ2) is 2.82. The van der Waals surface area contributed by atoms with Crippen molar-refractivity contribution in [3.63, 3.8) is 0 Å². The van der Waals surface area contributed by atoms with Gasteiger partial charge in [-0.3, -0.25) is 0 Å². The average Bonchev–Trinajstić information content (AvgIpc) is 1.92. The van der Waals surface area contributed by atoms with Crippen molar-refractivity contribution >= 4 is 9.84 Å². The van der Waals surface area contributed by atoms with Crippen LogP contribution in [0.2, 0.25) is 0 Å². The van der Waals surface area contributed by atoms with Crippen molar-refractivity contribution in [3.05, 3.63) is 17.6 Å². The van der Waals surface area contributed by atoms with Crippen LogP contribution in [-0.4, -0.2) is 24.6 Å². The van der Waals surface area contributed by atoms with Crippen molar-refractivity contribution in [1.29, 1.82) is 0 Å². The number of aryl methyl sites for hydroxylation is 2. The predicted molar refractivity (Wildman–Crippen MR) is 44.6 cm³/mol. The van der Waals surface area contributed by atoms with Crippen molar-refractivity contribution in [3.8, 4) is 0 Å². The molecule has 66 valence electrons. The highest BCUT2D eigenvalue weighted by Crippen LogP contribution is 2.09. The van der Waals surface area contributed by atoms with Gasteiger partial charge in [-0.2, -0.15) is 0 Å². The van der Waals surface area contributed by atoms with Gasteiger partial charge < -0.3 is 0 Å². The molecule has 0 atom stereocenters. The zero-order valence-corrected chi connectivity index (χ0v) is 8.01.